The lowest BCUT2D eigenvalue weighted by atomic mass is 10.2. The van der Waals surface area contributed by atoms with E-state index >= 15 is 0 Å². The number of anilines is 3. The molecule has 1 aliphatic rings. The van der Waals surface area contributed by atoms with E-state index in [4.69, 9.17) is 26.5 Å². The van der Waals surface area contributed by atoms with Gasteiger partial charge in [-0.3, -0.25) is 4.79 Å². The van der Waals surface area contributed by atoms with Crippen molar-refractivity contribution >= 4 is 41.1 Å². The van der Waals surface area contributed by atoms with E-state index in [-0.39, 0.29) is 36.0 Å². The van der Waals surface area contributed by atoms with Gasteiger partial charge in [-0.05, 0) is 49.2 Å². The van der Waals surface area contributed by atoms with E-state index in [2.05, 4.69) is 20.3 Å². The predicted octanol–water partition coefficient (Wildman–Crippen LogP) is 2.79. The lowest BCUT2D eigenvalue weighted by Crippen LogP contribution is -2.41. The molecule has 0 bridgehead atoms. The second kappa shape index (κ2) is 9.00. The minimum Gasteiger partial charge on any atom is -0.459 e. The number of carbonyl (C=O) groups excluding carboxylic acids is 2. The van der Waals surface area contributed by atoms with E-state index < -0.39 is 12.0 Å². The SMILES string of the molecule is Nc1nc(COC(=O)[C@@H]2CCCN2C(=O)c2ccco2)nc(Nc2ccc(Cl)cc2)n1. The Kier molecular flexibility index (Phi) is 5.99. The number of hydrogen-bond donors (Lipinski definition) is 2. The van der Waals surface area contributed by atoms with Gasteiger partial charge in [0, 0.05) is 17.3 Å². The largest absolute Gasteiger partial charge is 0.459 e. The number of rotatable bonds is 6. The Labute approximate surface area is 182 Å². The van der Waals surface area contributed by atoms with Crippen molar-refractivity contribution in [2.75, 3.05) is 17.6 Å². The summed E-state index contributed by atoms with van der Waals surface area (Å²) in [5, 5.41) is 3.59. The smallest absolute Gasteiger partial charge is 0.329 e. The molecule has 1 aliphatic heterocycles. The highest BCUT2D eigenvalue weighted by Crippen LogP contribution is 2.22. The molecule has 11 heteroatoms. The fourth-order valence-electron chi connectivity index (χ4n) is 3.25. The average Bonchev–Trinajstić information content (AvgIpc) is 3.45. The van der Waals surface area contributed by atoms with Crippen molar-refractivity contribution in [2.45, 2.75) is 25.5 Å². The summed E-state index contributed by atoms with van der Waals surface area (Å²) in [6, 6.07) is 9.44. The van der Waals surface area contributed by atoms with E-state index in [1.165, 1.54) is 11.2 Å². The molecule has 3 aromatic rings. The van der Waals surface area contributed by atoms with Crippen molar-refractivity contribution in [3.8, 4) is 0 Å². The molecule has 0 radical (unpaired) electrons. The van der Waals surface area contributed by atoms with Gasteiger partial charge >= 0.3 is 5.97 Å². The number of esters is 1. The highest BCUT2D eigenvalue weighted by atomic mass is 35.5. The first-order valence-corrected chi connectivity index (χ1v) is 9.91. The molecule has 1 atom stereocenters. The van der Waals surface area contributed by atoms with Crippen LogP contribution in [0.1, 0.15) is 29.2 Å². The highest BCUT2D eigenvalue weighted by Gasteiger charge is 2.36. The molecule has 1 amide bonds. The van der Waals surface area contributed by atoms with Gasteiger partial charge in [0.05, 0.1) is 6.26 Å². The van der Waals surface area contributed by atoms with Crippen LogP contribution >= 0.6 is 11.6 Å². The van der Waals surface area contributed by atoms with E-state index in [0.29, 0.717) is 30.1 Å². The molecule has 4 rings (SSSR count). The van der Waals surface area contributed by atoms with Crippen LogP contribution in [0.5, 0.6) is 0 Å². The molecule has 3 heterocycles. The Morgan fingerprint density at radius 1 is 1.23 bits per heavy atom. The lowest BCUT2D eigenvalue weighted by Gasteiger charge is -2.22. The summed E-state index contributed by atoms with van der Waals surface area (Å²) < 4.78 is 10.5. The minimum atomic E-state index is -0.691. The van der Waals surface area contributed by atoms with Crippen molar-refractivity contribution in [3.63, 3.8) is 0 Å². The zero-order valence-corrected chi connectivity index (χ0v) is 17.1. The maximum atomic E-state index is 12.6. The maximum Gasteiger partial charge on any atom is 0.329 e. The Hall–Kier alpha value is -3.66. The number of furan rings is 1. The summed E-state index contributed by atoms with van der Waals surface area (Å²) in [6.45, 7) is 0.243. The van der Waals surface area contributed by atoms with E-state index in [1.807, 2.05) is 0 Å². The van der Waals surface area contributed by atoms with Gasteiger partial charge in [0.1, 0.15) is 6.04 Å². The molecule has 1 aromatic carbocycles. The monoisotopic (exact) mass is 442 g/mol. The lowest BCUT2D eigenvalue weighted by molar-refractivity contribution is -0.149. The maximum absolute atomic E-state index is 12.6. The zero-order chi connectivity index (χ0) is 21.8. The van der Waals surface area contributed by atoms with Crippen molar-refractivity contribution < 1.29 is 18.7 Å². The van der Waals surface area contributed by atoms with Gasteiger partial charge in [0.25, 0.3) is 5.91 Å². The Bertz CT molecular complexity index is 1070. The summed E-state index contributed by atoms with van der Waals surface area (Å²) in [7, 11) is 0. The van der Waals surface area contributed by atoms with Crippen molar-refractivity contribution in [3.05, 3.63) is 59.3 Å². The number of nitrogens with zero attached hydrogens (tertiary/aromatic N) is 4. The van der Waals surface area contributed by atoms with Crippen LogP contribution in [-0.4, -0.2) is 44.3 Å². The van der Waals surface area contributed by atoms with Crippen LogP contribution in [0.4, 0.5) is 17.6 Å². The van der Waals surface area contributed by atoms with Gasteiger partial charge in [0.15, 0.2) is 18.2 Å². The number of benzene rings is 1. The molecule has 0 saturated carbocycles. The molecule has 0 unspecified atom stereocenters. The van der Waals surface area contributed by atoms with Gasteiger partial charge in [-0.25, -0.2) is 4.79 Å². The standard InChI is InChI=1S/C20H19ClN6O4/c21-12-5-7-13(8-6-12)23-20-25-16(24-19(22)26-20)11-31-18(29)14-3-1-9-27(14)17(28)15-4-2-10-30-15/h2,4-8,10,14H,1,3,9,11H2,(H3,22,23,24,25,26)/t14-/m0/s1. The van der Waals surface area contributed by atoms with Gasteiger partial charge in [-0.1, -0.05) is 11.6 Å². The molecule has 1 saturated heterocycles. The van der Waals surface area contributed by atoms with Gasteiger partial charge in [-0.2, -0.15) is 15.0 Å². The summed E-state index contributed by atoms with van der Waals surface area (Å²) >= 11 is 5.88. The molecule has 1 fully saturated rings. The van der Waals surface area contributed by atoms with E-state index in [9.17, 15) is 9.59 Å². The number of carbonyl (C=O) groups is 2. The van der Waals surface area contributed by atoms with Crippen LogP contribution in [0.15, 0.2) is 47.1 Å². The second-order valence-electron chi connectivity index (χ2n) is 6.81. The van der Waals surface area contributed by atoms with Crippen LogP contribution in [0.3, 0.4) is 0 Å². The Balaban J connectivity index is 1.40. The fraction of sp³-hybridized carbons (Fsp3) is 0.250. The number of ether oxygens (including phenoxy) is 1. The summed E-state index contributed by atoms with van der Waals surface area (Å²) in [6.07, 6.45) is 2.62. The molecule has 0 aliphatic carbocycles. The number of nitrogens with one attached hydrogen (secondary N) is 1. The summed E-state index contributed by atoms with van der Waals surface area (Å²) in [5.41, 5.74) is 6.46. The number of likely N-dealkylation sites (tertiary alicyclic amines) is 1. The van der Waals surface area contributed by atoms with Gasteiger partial charge in [0.2, 0.25) is 11.9 Å². The molecular formula is C20H19ClN6O4. The minimum absolute atomic E-state index is 0.0204. The third kappa shape index (κ3) is 4.92. The van der Waals surface area contributed by atoms with Gasteiger partial charge < -0.3 is 25.1 Å². The Morgan fingerprint density at radius 2 is 2.03 bits per heavy atom. The number of aromatic nitrogens is 3. The third-order valence-electron chi connectivity index (χ3n) is 4.66. The zero-order valence-electron chi connectivity index (χ0n) is 16.3. The summed E-state index contributed by atoms with van der Waals surface area (Å²) in [5.74, 6) is -0.335. The molecule has 2 aromatic heterocycles. The molecule has 31 heavy (non-hydrogen) atoms. The first-order valence-electron chi connectivity index (χ1n) is 9.54. The number of halogens is 1. The van der Waals surface area contributed by atoms with Crippen molar-refractivity contribution in [2.24, 2.45) is 0 Å². The average molecular weight is 443 g/mol. The molecule has 10 nitrogen and oxygen atoms in total. The van der Waals surface area contributed by atoms with Gasteiger partial charge in [-0.15, -0.1) is 0 Å². The number of hydrogen-bond acceptors (Lipinski definition) is 9. The molecular weight excluding hydrogens is 424 g/mol. The second-order valence-corrected chi connectivity index (χ2v) is 7.24. The molecule has 3 N–H and O–H groups in total. The van der Waals surface area contributed by atoms with E-state index in [0.717, 1.165) is 0 Å². The number of nitrogen functional groups attached to an aromatic ring is 1. The van der Waals surface area contributed by atoms with Crippen LogP contribution in [0.25, 0.3) is 0 Å². The first-order chi connectivity index (χ1) is 15.0. The Morgan fingerprint density at radius 3 is 2.77 bits per heavy atom. The quantitative estimate of drug-likeness (QED) is 0.552. The first kappa shape index (κ1) is 20.6. The topological polar surface area (TPSA) is 136 Å². The number of amides is 1. The van der Waals surface area contributed by atoms with Crippen LogP contribution < -0.4 is 11.1 Å². The van der Waals surface area contributed by atoms with Crippen molar-refractivity contribution in [1.82, 2.24) is 19.9 Å². The van der Waals surface area contributed by atoms with Crippen molar-refractivity contribution in [1.29, 1.82) is 0 Å². The van der Waals surface area contributed by atoms with Crippen LogP contribution in [-0.2, 0) is 16.1 Å². The number of nitrogens with two attached hydrogens (primary N) is 1. The third-order valence-corrected chi connectivity index (χ3v) is 4.91. The van der Waals surface area contributed by atoms with Crippen LogP contribution in [0, 0.1) is 0 Å². The molecule has 160 valence electrons. The van der Waals surface area contributed by atoms with Crippen LogP contribution in [0.2, 0.25) is 5.02 Å². The normalized spacial score (nSPS) is 15.6. The summed E-state index contributed by atoms with van der Waals surface area (Å²) in [4.78, 5) is 38.9. The molecule has 0 spiro atoms. The fourth-order valence-corrected chi connectivity index (χ4v) is 3.38. The highest BCUT2D eigenvalue weighted by molar-refractivity contribution is 6.30. The van der Waals surface area contributed by atoms with E-state index in [1.54, 1.807) is 36.4 Å². The predicted molar refractivity (Wildman–Crippen MR) is 112 cm³/mol.